The number of nitrogens with one attached hydrogen (secondary N) is 2. The predicted octanol–water partition coefficient (Wildman–Crippen LogP) is 5.34. The van der Waals surface area contributed by atoms with Gasteiger partial charge in [-0.3, -0.25) is 19.0 Å². The third kappa shape index (κ3) is 5.91. The summed E-state index contributed by atoms with van der Waals surface area (Å²) in [6.07, 6.45) is 1.52. The lowest BCUT2D eigenvalue weighted by Crippen LogP contribution is -2.39. The molecular formula is C31H27FIN5O4. The van der Waals surface area contributed by atoms with Crippen LogP contribution in [0.4, 0.5) is 20.6 Å². The van der Waals surface area contributed by atoms with E-state index in [1.54, 1.807) is 56.6 Å². The number of carbonyl (C=O) groups is 3. The van der Waals surface area contributed by atoms with Gasteiger partial charge in [0.1, 0.15) is 11.9 Å². The van der Waals surface area contributed by atoms with Crippen molar-refractivity contribution >= 4 is 51.8 Å². The topological polar surface area (TPSA) is 104 Å². The van der Waals surface area contributed by atoms with Gasteiger partial charge in [-0.05, 0) is 59.2 Å². The van der Waals surface area contributed by atoms with Crippen molar-refractivity contribution in [1.82, 2.24) is 14.4 Å². The van der Waals surface area contributed by atoms with Crippen molar-refractivity contribution in [2.45, 2.75) is 17.0 Å². The van der Waals surface area contributed by atoms with E-state index in [0.717, 1.165) is 16.1 Å². The van der Waals surface area contributed by atoms with Crippen LogP contribution < -0.4 is 16.2 Å². The molecule has 2 heterocycles. The quantitative estimate of drug-likeness (QED) is 0.212. The number of benzene rings is 3. The average Bonchev–Trinajstić information content (AvgIpc) is 3.37. The molecule has 2 N–H and O–H groups in total. The third-order valence-electron chi connectivity index (χ3n) is 6.93. The number of anilines is 2. The van der Waals surface area contributed by atoms with Gasteiger partial charge in [-0.25, -0.2) is 9.18 Å². The van der Waals surface area contributed by atoms with E-state index in [-0.39, 0.29) is 23.7 Å². The van der Waals surface area contributed by atoms with E-state index in [1.165, 1.54) is 38.8 Å². The fourth-order valence-corrected chi connectivity index (χ4v) is 5.28. The van der Waals surface area contributed by atoms with Gasteiger partial charge in [0.15, 0.2) is 0 Å². The second kappa shape index (κ2) is 12.1. The molecule has 42 heavy (non-hydrogen) atoms. The lowest BCUT2D eigenvalue weighted by atomic mass is 10.00. The number of hydrogen-bond acceptors (Lipinski definition) is 4. The molecule has 0 bridgehead atoms. The van der Waals surface area contributed by atoms with Crippen LogP contribution in [0.25, 0.3) is 5.69 Å². The van der Waals surface area contributed by atoms with Crippen molar-refractivity contribution in [3.05, 3.63) is 123 Å². The van der Waals surface area contributed by atoms with Crippen molar-refractivity contribution in [2.24, 2.45) is 0 Å². The number of nitrogens with zero attached hydrogens (tertiary/aromatic N) is 3. The number of carbonyl (C=O) groups excluding carboxylic acids is 3. The summed E-state index contributed by atoms with van der Waals surface area (Å²) >= 11 is 2.25. The largest absolute Gasteiger partial charge is 0.345 e. The van der Waals surface area contributed by atoms with Gasteiger partial charge in [0, 0.05) is 54.6 Å². The molecule has 1 aromatic heterocycles. The van der Waals surface area contributed by atoms with Crippen LogP contribution >= 0.6 is 22.6 Å². The van der Waals surface area contributed by atoms with Crippen LogP contribution in [0.5, 0.6) is 0 Å². The van der Waals surface area contributed by atoms with Gasteiger partial charge < -0.3 is 20.4 Å². The average molecular weight is 679 g/mol. The second-order valence-electron chi connectivity index (χ2n) is 9.97. The van der Waals surface area contributed by atoms with E-state index >= 15 is 4.39 Å². The first kappa shape index (κ1) is 29.0. The zero-order valence-corrected chi connectivity index (χ0v) is 25.0. The molecular weight excluding hydrogens is 652 g/mol. The summed E-state index contributed by atoms with van der Waals surface area (Å²) < 4.78 is 17.3. The van der Waals surface area contributed by atoms with Crippen molar-refractivity contribution in [2.75, 3.05) is 24.7 Å². The Labute approximate surface area is 255 Å². The number of amides is 4. The fourth-order valence-electron chi connectivity index (χ4n) is 4.77. The highest BCUT2D eigenvalue weighted by molar-refractivity contribution is 14.1. The lowest BCUT2D eigenvalue weighted by molar-refractivity contribution is -0.120. The molecule has 0 saturated carbocycles. The molecule has 0 fully saturated rings. The number of hydrogen-bond donors (Lipinski definition) is 2. The summed E-state index contributed by atoms with van der Waals surface area (Å²) in [5, 5.41) is 5.44. The summed E-state index contributed by atoms with van der Waals surface area (Å²) in [7, 11) is 3.25. The lowest BCUT2D eigenvalue weighted by Gasteiger charge is -2.25. The summed E-state index contributed by atoms with van der Waals surface area (Å²) in [4.78, 5) is 54.9. The molecule has 3 aromatic carbocycles. The minimum Gasteiger partial charge on any atom is -0.345 e. The molecule has 0 radical (unpaired) electrons. The third-order valence-corrected chi connectivity index (χ3v) is 7.81. The predicted molar refractivity (Wildman–Crippen MR) is 167 cm³/mol. The number of urea groups is 1. The Bertz CT molecular complexity index is 1740. The van der Waals surface area contributed by atoms with Crippen LogP contribution in [0.1, 0.15) is 33.1 Å². The number of rotatable bonds is 6. The summed E-state index contributed by atoms with van der Waals surface area (Å²) in [6.45, 7) is 0.111. The molecule has 9 nitrogen and oxygen atoms in total. The molecule has 0 aliphatic carbocycles. The van der Waals surface area contributed by atoms with Crippen LogP contribution in [0.3, 0.4) is 0 Å². The first-order valence-electron chi connectivity index (χ1n) is 13.0. The molecule has 1 aliphatic rings. The van der Waals surface area contributed by atoms with E-state index in [9.17, 15) is 19.2 Å². The van der Waals surface area contributed by atoms with Crippen molar-refractivity contribution in [3.63, 3.8) is 0 Å². The molecule has 1 unspecified atom stereocenters. The number of alkyl halides is 1. The summed E-state index contributed by atoms with van der Waals surface area (Å²) in [5.41, 5.74) is 3.04. The van der Waals surface area contributed by atoms with Crippen molar-refractivity contribution in [1.29, 1.82) is 0 Å². The molecule has 1 aliphatic heterocycles. The SMILES string of the molecule is CN(C)C(=O)c1ccc2c(c1)C(C(=O)Nc1ccc(-n3ccccc3=O)cc1F)N(C(=O)Nc1ccc(CI)cc1)C2. The fraction of sp³-hybridized carbons (Fsp3) is 0.161. The van der Waals surface area contributed by atoms with E-state index in [1.807, 2.05) is 12.1 Å². The van der Waals surface area contributed by atoms with Gasteiger partial charge in [0.2, 0.25) is 0 Å². The second-order valence-corrected chi connectivity index (χ2v) is 10.7. The van der Waals surface area contributed by atoms with E-state index in [0.29, 0.717) is 28.1 Å². The standard InChI is InChI=1S/C31H27FIN5O4/c1-36(2)30(41)20-8-9-21-18-38(31(42)34-22-10-6-19(17-33)7-11-22)28(24(21)15-20)29(40)35-26-13-12-23(16-25(26)32)37-14-4-3-5-27(37)39/h3-16,28H,17-18H2,1-2H3,(H,34,42)(H,35,40). The number of fused-ring (bicyclic) bond motifs is 1. The van der Waals surface area contributed by atoms with Gasteiger partial charge in [-0.1, -0.05) is 46.9 Å². The number of halogens is 2. The first-order chi connectivity index (χ1) is 20.2. The van der Waals surface area contributed by atoms with Gasteiger partial charge in [-0.2, -0.15) is 0 Å². The molecule has 4 aromatic rings. The monoisotopic (exact) mass is 679 g/mol. The van der Waals surface area contributed by atoms with Crippen LogP contribution in [0.2, 0.25) is 0 Å². The normalized spacial score (nSPS) is 13.8. The molecule has 5 rings (SSSR count). The van der Waals surface area contributed by atoms with Gasteiger partial charge in [0.05, 0.1) is 11.4 Å². The molecule has 0 spiro atoms. The maximum Gasteiger partial charge on any atom is 0.323 e. The maximum absolute atomic E-state index is 15.2. The van der Waals surface area contributed by atoms with Gasteiger partial charge in [0.25, 0.3) is 17.4 Å². The zero-order valence-electron chi connectivity index (χ0n) is 22.8. The van der Waals surface area contributed by atoms with E-state index in [4.69, 9.17) is 0 Å². The van der Waals surface area contributed by atoms with Crippen molar-refractivity contribution < 1.29 is 18.8 Å². The zero-order chi connectivity index (χ0) is 30.0. The van der Waals surface area contributed by atoms with Crippen LogP contribution in [0, 0.1) is 5.82 Å². The Balaban J connectivity index is 1.46. The van der Waals surface area contributed by atoms with E-state index < -0.39 is 23.8 Å². The Morgan fingerprint density at radius 1 is 0.976 bits per heavy atom. The number of pyridine rings is 1. The highest BCUT2D eigenvalue weighted by atomic mass is 127. The van der Waals surface area contributed by atoms with Gasteiger partial charge >= 0.3 is 6.03 Å². The number of aromatic nitrogens is 1. The van der Waals surface area contributed by atoms with Crippen LogP contribution in [-0.2, 0) is 15.8 Å². The summed E-state index contributed by atoms with van der Waals surface area (Å²) in [6, 6.07) is 19.3. The van der Waals surface area contributed by atoms with Crippen LogP contribution in [-0.4, -0.2) is 46.3 Å². The molecule has 0 saturated heterocycles. The molecule has 1 atom stereocenters. The minimum absolute atomic E-state index is 0.111. The minimum atomic E-state index is -1.14. The highest BCUT2D eigenvalue weighted by Gasteiger charge is 2.39. The molecule has 4 amide bonds. The summed E-state index contributed by atoms with van der Waals surface area (Å²) in [5.74, 6) is -1.66. The molecule has 11 heteroatoms. The Morgan fingerprint density at radius 3 is 2.40 bits per heavy atom. The van der Waals surface area contributed by atoms with Crippen molar-refractivity contribution in [3.8, 4) is 5.69 Å². The maximum atomic E-state index is 15.2. The smallest absolute Gasteiger partial charge is 0.323 e. The van der Waals surface area contributed by atoms with Crippen LogP contribution in [0.15, 0.2) is 89.9 Å². The van der Waals surface area contributed by atoms with E-state index in [2.05, 4.69) is 33.2 Å². The first-order valence-corrected chi connectivity index (χ1v) is 14.5. The Hall–Kier alpha value is -4.52. The highest BCUT2D eigenvalue weighted by Crippen LogP contribution is 2.36. The Morgan fingerprint density at radius 2 is 1.74 bits per heavy atom. The molecule has 214 valence electrons. The van der Waals surface area contributed by atoms with Gasteiger partial charge in [-0.15, -0.1) is 0 Å². The Kier molecular flexibility index (Phi) is 8.39.